The summed E-state index contributed by atoms with van der Waals surface area (Å²) in [7, 11) is 0. The van der Waals surface area contributed by atoms with Gasteiger partial charge in [-0.05, 0) is 17.7 Å². The van der Waals surface area contributed by atoms with Gasteiger partial charge in [-0.15, -0.1) is 0 Å². The minimum Gasteiger partial charge on any atom is -0.507 e. The Morgan fingerprint density at radius 1 is 1.19 bits per heavy atom. The molecule has 0 radical (unpaired) electrons. The first-order valence-corrected chi connectivity index (χ1v) is 7.14. The second-order valence-electron chi connectivity index (χ2n) is 5.08. The van der Waals surface area contributed by atoms with Crippen LogP contribution >= 0.6 is 0 Å². The maximum atomic E-state index is 10.2. The van der Waals surface area contributed by atoms with Crippen molar-refractivity contribution in [2.45, 2.75) is 12.6 Å². The third-order valence-corrected chi connectivity index (χ3v) is 3.55. The van der Waals surface area contributed by atoms with E-state index in [9.17, 15) is 5.11 Å². The van der Waals surface area contributed by atoms with E-state index in [4.69, 9.17) is 9.47 Å². The maximum absolute atomic E-state index is 10.2. The zero-order chi connectivity index (χ0) is 14.5. The molecule has 1 aliphatic heterocycles. The Labute approximate surface area is 124 Å². The standard InChI is InChI=1S/C17H19NO3/c19-17-10-14(21-11-13-4-2-1-3-5-13)6-7-15(17)16-12-20-9-8-18-16/h1-7,10,16,18-19H,8-9,11-12H2/t16-/m0/s1. The molecule has 0 aromatic heterocycles. The number of benzene rings is 2. The summed E-state index contributed by atoms with van der Waals surface area (Å²) in [6, 6.07) is 15.4. The Morgan fingerprint density at radius 2 is 2.05 bits per heavy atom. The molecule has 1 fully saturated rings. The summed E-state index contributed by atoms with van der Waals surface area (Å²) in [5, 5.41) is 13.5. The van der Waals surface area contributed by atoms with Crippen molar-refractivity contribution in [3.05, 3.63) is 59.7 Å². The van der Waals surface area contributed by atoms with Gasteiger partial charge >= 0.3 is 0 Å². The fourth-order valence-electron chi connectivity index (χ4n) is 2.41. The molecule has 0 saturated carbocycles. The Morgan fingerprint density at radius 3 is 2.76 bits per heavy atom. The van der Waals surface area contributed by atoms with E-state index in [0.29, 0.717) is 19.0 Å². The van der Waals surface area contributed by atoms with Gasteiger partial charge in [-0.1, -0.05) is 30.3 Å². The Bertz CT molecular complexity index is 580. The summed E-state index contributed by atoms with van der Waals surface area (Å²) in [6.45, 7) is 2.59. The van der Waals surface area contributed by atoms with Crippen molar-refractivity contribution in [3.63, 3.8) is 0 Å². The van der Waals surface area contributed by atoms with Gasteiger partial charge in [0.15, 0.2) is 0 Å². The number of ether oxygens (including phenoxy) is 2. The molecule has 110 valence electrons. The van der Waals surface area contributed by atoms with Crippen molar-refractivity contribution < 1.29 is 14.6 Å². The molecule has 2 N–H and O–H groups in total. The van der Waals surface area contributed by atoms with Gasteiger partial charge in [0.1, 0.15) is 18.1 Å². The summed E-state index contributed by atoms with van der Waals surface area (Å²) in [5.74, 6) is 0.903. The molecule has 3 rings (SSSR count). The number of rotatable bonds is 4. The zero-order valence-electron chi connectivity index (χ0n) is 11.8. The molecule has 2 aromatic carbocycles. The van der Waals surface area contributed by atoms with Gasteiger partial charge in [-0.2, -0.15) is 0 Å². The minimum absolute atomic E-state index is 0.0434. The van der Waals surface area contributed by atoms with Crippen LogP contribution in [-0.4, -0.2) is 24.9 Å². The van der Waals surface area contributed by atoms with Crippen LogP contribution in [0.2, 0.25) is 0 Å². The SMILES string of the molecule is Oc1cc(OCc2ccccc2)ccc1[C@@H]1COCCN1. The van der Waals surface area contributed by atoms with E-state index in [0.717, 1.165) is 24.3 Å². The quantitative estimate of drug-likeness (QED) is 0.906. The van der Waals surface area contributed by atoms with Gasteiger partial charge in [-0.3, -0.25) is 0 Å². The summed E-state index contributed by atoms with van der Waals surface area (Å²) < 4.78 is 11.1. The molecule has 2 aromatic rings. The van der Waals surface area contributed by atoms with Gasteiger partial charge in [0.2, 0.25) is 0 Å². The molecule has 1 saturated heterocycles. The molecular weight excluding hydrogens is 266 g/mol. The lowest BCUT2D eigenvalue weighted by Gasteiger charge is -2.25. The summed E-state index contributed by atoms with van der Waals surface area (Å²) >= 11 is 0. The molecule has 1 aliphatic rings. The predicted molar refractivity (Wildman–Crippen MR) is 80.4 cm³/mol. The minimum atomic E-state index is 0.0434. The van der Waals surface area contributed by atoms with Crippen LogP contribution in [0.15, 0.2) is 48.5 Å². The fraction of sp³-hybridized carbons (Fsp3) is 0.294. The van der Waals surface area contributed by atoms with E-state index in [1.807, 2.05) is 42.5 Å². The van der Waals surface area contributed by atoms with Crippen molar-refractivity contribution in [2.75, 3.05) is 19.8 Å². The largest absolute Gasteiger partial charge is 0.507 e. The van der Waals surface area contributed by atoms with Crippen LogP contribution in [0.25, 0.3) is 0 Å². The van der Waals surface area contributed by atoms with E-state index in [1.165, 1.54) is 0 Å². The van der Waals surface area contributed by atoms with Crippen LogP contribution in [0.4, 0.5) is 0 Å². The molecule has 0 unspecified atom stereocenters. The highest BCUT2D eigenvalue weighted by Gasteiger charge is 2.18. The average Bonchev–Trinajstić information content (AvgIpc) is 2.55. The predicted octanol–water partition coefficient (Wildman–Crippen LogP) is 2.63. The average molecular weight is 285 g/mol. The van der Waals surface area contributed by atoms with E-state index >= 15 is 0 Å². The summed E-state index contributed by atoms with van der Waals surface area (Å²) in [4.78, 5) is 0. The Balaban J connectivity index is 1.66. The van der Waals surface area contributed by atoms with Crippen molar-refractivity contribution in [2.24, 2.45) is 0 Å². The van der Waals surface area contributed by atoms with E-state index in [-0.39, 0.29) is 11.8 Å². The van der Waals surface area contributed by atoms with Gasteiger partial charge < -0.3 is 19.9 Å². The first-order valence-electron chi connectivity index (χ1n) is 7.14. The second kappa shape index (κ2) is 6.61. The first kappa shape index (κ1) is 13.9. The molecule has 21 heavy (non-hydrogen) atoms. The van der Waals surface area contributed by atoms with E-state index in [1.54, 1.807) is 6.07 Å². The van der Waals surface area contributed by atoms with Crippen molar-refractivity contribution >= 4 is 0 Å². The van der Waals surface area contributed by atoms with Crippen molar-refractivity contribution in [1.82, 2.24) is 5.32 Å². The topological polar surface area (TPSA) is 50.7 Å². The van der Waals surface area contributed by atoms with Crippen molar-refractivity contribution in [3.8, 4) is 11.5 Å². The number of phenols is 1. The normalized spacial score (nSPS) is 18.4. The Kier molecular flexibility index (Phi) is 4.38. The lowest BCUT2D eigenvalue weighted by atomic mass is 10.1. The van der Waals surface area contributed by atoms with Gasteiger partial charge in [0.05, 0.1) is 19.3 Å². The number of phenolic OH excluding ortho intramolecular Hbond substituents is 1. The zero-order valence-corrected chi connectivity index (χ0v) is 11.8. The molecule has 0 aliphatic carbocycles. The highest BCUT2D eigenvalue weighted by molar-refractivity contribution is 5.41. The second-order valence-corrected chi connectivity index (χ2v) is 5.08. The molecule has 4 nitrogen and oxygen atoms in total. The first-order chi connectivity index (χ1) is 10.3. The third-order valence-electron chi connectivity index (χ3n) is 3.55. The number of hydrogen-bond acceptors (Lipinski definition) is 4. The summed E-state index contributed by atoms with van der Waals surface area (Å²) in [6.07, 6.45) is 0. The lowest BCUT2D eigenvalue weighted by molar-refractivity contribution is 0.0760. The summed E-state index contributed by atoms with van der Waals surface area (Å²) in [5.41, 5.74) is 1.95. The number of morpholine rings is 1. The fourth-order valence-corrected chi connectivity index (χ4v) is 2.41. The van der Waals surface area contributed by atoms with Crippen LogP contribution in [-0.2, 0) is 11.3 Å². The monoisotopic (exact) mass is 285 g/mol. The lowest BCUT2D eigenvalue weighted by Crippen LogP contribution is -2.34. The van der Waals surface area contributed by atoms with Crippen molar-refractivity contribution in [1.29, 1.82) is 0 Å². The van der Waals surface area contributed by atoms with E-state index < -0.39 is 0 Å². The van der Waals surface area contributed by atoms with Gasteiger partial charge in [-0.25, -0.2) is 0 Å². The van der Waals surface area contributed by atoms with Crippen LogP contribution in [0, 0.1) is 0 Å². The number of hydrogen-bond donors (Lipinski definition) is 2. The molecular formula is C17H19NO3. The molecule has 1 heterocycles. The van der Waals surface area contributed by atoms with Crippen LogP contribution < -0.4 is 10.1 Å². The molecule has 0 spiro atoms. The molecule has 0 bridgehead atoms. The van der Waals surface area contributed by atoms with Crippen LogP contribution in [0.3, 0.4) is 0 Å². The smallest absolute Gasteiger partial charge is 0.124 e. The molecule has 1 atom stereocenters. The van der Waals surface area contributed by atoms with Crippen LogP contribution in [0.1, 0.15) is 17.2 Å². The highest BCUT2D eigenvalue weighted by Crippen LogP contribution is 2.29. The molecule has 0 amide bonds. The van der Waals surface area contributed by atoms with E-state index in [2.05, 4.69) is 5.32 Å². The third kappa shape index (κ3) is 3.54. The van der Waals surface area contributed by atoms with Gasteiger partial charge in [0.25, 0.3) is 0 Å². The maximum Gasteiger partial charge on any atom is 0.124 e. The van der Waals surface area contributed by atoms with Crippen LogP contribution in [0.5, 0.6) is 11.5 Å². The number of nitrogens with one attached hydrogen (secondary N) is 1. The Hall–Kier alpha value is -2.04. The highest BCUT2D eigenvalue weighted by atomic mass is 16.5. The number of aromatic hydroxyl groups is 1. The van der Waals surface area contributed by atoms with Gasteiger partial charge in [0, 0.05) is 18.2 Å². The molecule has 4 heteroatoms.